The molecule has 166 valence electrons. The molecule has 2 aromatic carbocycles. The molecule has 1 aromatic heterocycles. The first-order valence-electron chi connectivity index (χ1n) is 9.66. The number of halogens is 3. The average Bonchev–Trinajstić information content (AvgIpc) is 3.28. The van der Waals surface area contributed by atoms with Crippen molar-refractivity contribution < 1.29 is 27.4 Å². The molecular formula is C21H17F3N4O4. The molecule has 1 amide bonds. The third-order valence-electron chi connectivity index (χ3n) is 5.19. The largest absolute Gasteiger partial charge is 0.416 e. The highest BCUT2D eigenvalue weighted by molar-refractivity contribution is 5.93. The molecule has 1 aliphatic rings. The summed E-state index contributed by atoms with van der Waals surface area (Å²) in [6, 6.07) is 13.2. The van der Waals surface area contributed by atoms with Crippen LogP contribution in [0.2, 0.25) is 0 Å². The monoisotopic (exact) mass is 446 g/mol. The van der Waals surface area contributed by atoms with Crippen LogP contribution in [0.25, 0.3) is 11.3 Å². The number of piperazine rings is 1. The minimum atomic E-state index is -4.68. The standard InChI is InChI=1S/C21H17F3N4O4/c22-21(23,24)15-6-7-17(18(12-15)28(30)31)26-8-10-27(11-9-26)20(29)16-13-19(32-25-16)14-4-2-1-3-5-14/h1-7,12-13H,8-11H2. The molecule has 11 heteroatoms. The lowest BCUT2D eigenvalue weighted by atomic mass is 10.1. The molecule has 8 nitrogen and oxygen atoms in total. The maximum Gasteiger partial charge on any atom is 0.416 e. The zero-order chi connectivity index (χ0) is 22.9. The Balaban J connectivity index is 1.46. The molecule has 0 unspecified atom stereocenters. The molecule has 0 atom stereocenters. The van der Waals surface area contributed by atoms with E-state index in [1.165, 1.54) is 4.90 Å². The summed E-state index contributed by atoms with van der Waals surface area (Å²) in [6.07, 6.45) is -4.68. The number of nitro groups is 1. The van der Waals surface area contributed by atoms with Crippen molar-refractivity contribution in [3.05, 3.63) is 76.0 Å². The Labute approximate surface area is 180 Å². The van der Waals surface area contributed by atoms with Gasteiger partial charge in [0.15, 0.2) is 11.5 Å². The lowest BCUT2D eigenvalue weighted by molar-refractivity contribution is -0.384. The van der Waals surface area contributed by atoms with Gasteiger partial charge >= 0.3 is 6.18 Å². The van der Waals surface area contributed by atoms with Gasteiger partial charge in [-0.15, -0.1) is 0 Å². The Kier molecular flexibility index (Phi) is 5.56. The maximum atomic E-state index is 12.9. The van der Waals surface area contributed by atoms with Gasteiger partial charge in [0.25, 0.3) is 11.6 Å². The molecule has 3 aromatic rings. The van der Waals surface area contributed by atoms with Crippen molar-refractivity contribution in [2.24, 2.45) is 0 Å². The number of alkyl halides is 3. The SMILES string of the molecule is O=C(c1cc(-c2ccccc2)on1)N1CCN(c2ccc(C(F)(F)F)cc2[N+](=O)[O-])CC1. The van der Waals surface area contributed by atoms with Crippen molar-refractivity contribution in [2.75, 3.05) is 31.1 Å². The second-order valence-corrected chi connectivity index (χ2v) is 7.18. The number of hydrogen-bond donors (Lipinski definition) is 0. The van der Waals surface area contributed by atoms with Crippen LogP contribution >= 0.6 is 0 Å². The maximum absolute atomic E-state index is 12.9. The van der Waals surface area contributed by atoms with Gasteiger partial charge in [0.05, 0.1) is 10.5 Å². The van der Waals surface area contributed by atoms with E-state index in [0.717, 1.165) is 17.7 Å². The fourth-order valence-electron chi connectivity index (χ4n) is 3.54. The van der Waals surface area contributed by atoms with E-state index in [2.05, 4.69) is 5.16 Å². The number of carbonyl (C=O) groups excluding carboxylic acids is 1. The molecule has 0 N–H and O–H groups in total. The van der Waals surface area contributed by atoms with Gasteiger partial charge in [0.2, 0.25) is 0 Å². The quantitative estimate of drug-likeness (QED) is 0.440. The minimum Gasteiger partial charge on any atom is -0.362 e. The summed E-state index contributed by atoms with van der Waals surface area (Å²) in [6.45, 7) is 0.901. The van der Waals surface area contributed by atoms with Gasteiger partial charge in [-0.25, -0.2) is 0 Å². The summed E-state index contributed by atoms with van der Waals surface area (Å²) in [5.74, 6) is 0.102. The number of benzene rings is 2. The number of carbonyl (C=O) groups is 1. The molecule has 0 bridgehead atoms. The van der Waals surface area contributed by atoms with Gasteiger partial charge in [0, 0.05) is 43.9 Å². The first-order chi connectivity index (χ1) is 15.2. The molecule has 0 spiro atoms. The number of rotatable bonds is 4. The first-order valence-corrected chi connectivity index (χ1v) is 9.66. The molecule has 0 saturated carbocycles. The first kappa shape index (κ1) is 21.3. The summed E-state index contributed by atoms with van der Waals surface area (Å²) in [5, 5.41) is 15.2. The predicted molar refractivity (Wildman–Crippen MR) is 108 cm³/mol. The lowest BCUT2D eigenvalue weighted by Gasteiger charge is -2.35. The highest BCUT2D eigenvalue weighted by atomic mass is 19.4. The minimum absolute atomic E-state index is 0.0860. The summed E-state index contributed by atoms with van der Waals surface area (Å²) >= 11 is 0. The third kappa shape index (κ3) is 4.27. The number of amides is 1. The summed E-state index contributed by atoms with van der Waals surface area (Å²) in [4.78, 5) is 26.4. The molecule has 1 saturated heterocycles. The Morgan fingerprint density at radius 3 is 2.34 bits per heavy atom. The molecule has 4 rings (SSSR count). The number of nitrogens with zero attached hydrogens (tertiary/aromatic N) is 4. The van der Waals surface area contributed by atoms with E-state index in [4.69, 9.17) is 4.52 Å². The smallest absolute Gasteiger partial charge is 0.362 e. The zero-order valence-electron chi connectivity index (χ0n) is 16.6. The lowest BCUT2D eigenvalue weighted by Crippen LogP contribution is -2.49. The van der Waals surface area contributed by atoms with E-state index in [1.807, 2.05) is 30.3 Å². The van der Waals surface area contributed by atoms with Crippen LogP contribution in [0, 0.1) is 10.1 Å². The van der Waals surface area contributed by atoms with Gasteiger partial charge in [-0.3, -0.25) is 14.9 Å². The van der Waals surface area contributed by atoms with Crippen LogP contribution < -0.4 is 4.90 Å². The van der Waals surface area contributed by atoms with Crippen molar-refractivity contribution >= 4 is 17.3 Å². The number of hydrogen-bond acceptors (Lipinski definition) is 6. The molecule has 1 aliphatic heterocycles. The Morgan fingerprint density at radius 2 is 1.72 bits per heavy atom. The molecule has 2 heterocycles. The van der Waals surface area contributed by atoms with Gasteiger partial charge in [-0.2, -0.15) is 13.2 Å². The summed E-state index contributed by atoms with van der Waals surface area (Å²) in [5.41, 5.74) is -0.704. The van der Waals surface area contributed by atoms with E-state index >= 15 is 0 Å². The molecular weight excluding hydrogens is 429 g/mol. The highest BCUT2D eigenvalue weighted by Gasteiger charge is 2.34. The fraction of sp³-hybridized carbons (Fsp3) is 0.238. The molecule has 1 fully saturated rings. The van der Waals surface area contributed by atoms with Crippen LogP contribution in [-0.4, -0.2) is 47.1 Å². The number of aromatic nitrogens is 1. The Morgan fingerprint density at radius 1 is 1.03 bits per heavy atom. The van der Waals surface area contributed by atoms with Crippen molar-refractivity contribution in [2.45, 2.75) is 6.18 Å². The molecule has 0 radical (unpaired) electrons. The van der Waals surface area contributed by atoms with Gasteiger partial charge < -0.3 is 14.3 Å². The van der Waals surface area contributed by atoms with E-state index < -0.39 is 22.4 Å². The second-order valence-electron chi connectivity index (χ2n) is 7.18. The van der Waals surface area contributed by atoms with Gasteiger partial charge in [0.1, 0.15) is 5.69 Å². The average molecular weight is 446 g/mol. The zero-order valence-corrected chi connectivity index (χ0v) is 16.6. The van der Waals surface area contributed by atoms with Crippen LogP contribution in [0.15, 0.2) is 59.1 Å². The second kappa shape index (κ2) is 8.33. The summed E-state index contributed by atoms with van der Waals surface area (Å²) < 4.78 is 44.0. The third-order valence-corrected chi connectivity index (χ3v) is 5.19. The van der Waals surface area contributed by atoms with Crippen LogP contribution in [0.4, 0.5) is 24.5 Å². The predicted octanol–water partition coefficient (Wildman–Crippen LogP) is 4.23. The number of nitro benzene ring substituents is 1. The van der Waals surface area contributed by atoms with E-state index in [1.54, 1.807) is 11.0 Å². The van der Waals surface area contributed by atoms with Gasteiger partial charge in [-0.05, 0) is 12.1 Å². The van der Waals surface area contributed by atoms with Crippen LogP contribution in [0.1, 0.15) is 16.1 Å². The Hall–Kier alpha value is -3.89. The highest BCUT2D eigenvalue weighted by Crippen LogP contribution is 2.36. The van der Waals surface area contributed by atoms with Crippen molar-refractivity contribution in [3.8, 4) is 11.3 Å². The molecule has 0 aliphatic carbocycles. The number of anilines is 1. The normalized spacial score (nSPS) is 14.5. The summed E-state index contributed by atoms with van der Waals surface area (Å²) in [7, 11) is 0. The van der Waals surface area contributed by atoms with Crippen LogP contribution in [-0.2, 0) is 6.18 Å². The fourth-order valence-corrected chi connectivity index (χ4v) is 3.54. The van der Waals surface area contributed by atoms with E-state index in [9.17, 15) is 28.1 Å². The Bertz CT molecular complexity index is 1140. The van der Waals surface area contributed by atoms with Crippen LogP contribution in [0.3, 0.4) is 0 Å². The topological polar surface area (TPSA) is 92.7 Å². The van der Waals surface area contributed by atoms with Crippen LogP contribution in [0.5, 0.6) is 0 Å². The van der Waals surface area contributed by atoms with Gasteiger partial charge in [-0.1, -0.05) is 35.5 Å². The van der Waals surface area contributed by atoms with Crippen molar-refractivity contribution in [1.82, 2.24) is 10.1 Å². The van der Waals surface area contributed by atoms with E-state index in [-0.39, 0.29) is 43.5 Å². The van der Waals surface area contributed by atoms with E-state index in [0.29, 0.717) is 11.8 Å². The van der Waals surface area contributed by atoms with Crippen molar-refractivity contribution in [3.63, 3.8) is 0 Å². The van der Waals surface area contributed by atoms with Crippen molar-refractivity contribution in [1.29, 1.82) is 0 Å². The molecule has 32 heavy (non-hydrogen) atoms.